The lowest BCUT2D eigenvalue weighted by molar-refractivity contribution is 0.174. The van der Waals surface area contributed by atoms with Gasteiger partial charge in [0.05, 0.1) is 0 Å². The molecule has 0 aromatic heterocycles. The molecule has 0 saturated carbocycles. The van der Waals surface area contributed by atoms with Crippen LogP contribution in [-0.2, 0) is 6.42 Å². The van der Waals surface area contributed by atoms with Crippen molar-refractivity contribution in [1.29, 1.82) is 0 Å². The summed E-state index contributed by atoms with van der Waals surface area (Å²) in [7, 11) is 1.80. The van der Waals surface area contributed by atoms with Gasteiger partial charge in [-0.15, -0.1) is 0 Å². The molecule has 5 heteroatoms. The van der Waals surface area contributed by atoms with Crippen LogP contribution in [0.25, 0.3) is 0 Å². The summed E-state index contributed by atoms with van der Waals surface area (Å²) in [5, 5.41) is 6.65. The Bertz CT molecular complexity index is 486. The lowest BCUT2D eigenvalue weighted by atomic mass is 10.1. The molecule has 0 radical (unpaired) electrons. The van der Waals surface area contributed by atoms with E-state index in [9.17, 15) is 0 Å². The van der Waals surface area contributed by atoms with E-state index in [1.54, 1.807) is 7.05 Å². The van der Waals surface area contributed by atoms with Crippen molar-refractivity contribution >= 4 is 5.96 Å². The third-order valence-corrected chi connectivity index (χ3v) is 3.38. The summed E-state index contributed by atoms with van der Waals surface area (Å²) in [5.41, 5.74) is 1.23. The lowest BCUT2D eigenvalue weighted by Crippen LogP contribution is -2.39. The van der Waals surface area contributed by atoms with Crippen LogP contribution in [0.1, 0.15) is 25.8 Å². The molecule has 21 heavy (non-hydrogen) atoms. The fourth-order valence-corrected chi connectivity index (χ4v) is 2.12. The first-order valence-electron chi connectivity index (χ1n) is 7.52. The van der Waals surface area contributed by atoms with Crippen LogP contribution in [-0.4, -0.2) is 32.9 Å². The minimum atomic E-state index is 0.323. The second-order valence-corrected chi connectivity index (χ2v) is 5.55. The Kier molecular flexibility index (Phi) is 5.72. The maximum atomic E-state index is 5.38. The molecule has 0 amide bonds. The number of ether oxygens (including phenoxy) is 2. The number of guanidine groups is 1. The molecule has 1 heterocycles. The van der Waals surface area contributed by atoms with Crippen molar-refractivity contribution in [2.75, 3.05) is 26.9 Å². The van der Waals surface area contributed by atoms with E-state index in [1.807, 2.05) is 12.1 Å². The van der Waals surface area contributed by atoms with Crippen LogP contribution in [0.4, 0.5) is 0 Å². The normalized spacial score (nSPS) is 13.6. The zero-order chi connectivity index (χ0) is 15.1. The molecule has 0 unspecified atom stereocenters. The zero-order valence-corrected chi connectivity index (χ0v) is 13.1. The molecule has 0 aliphatic carbocycles. The molecule has 1 aromatic rings. The molecule has 2 N–H and O–H groups in total. The van der Waals surface area contributed by atoms with Crippen LogP contribution in [0.15, 0.2) is 23.2 Å². The average Bonchev–Trinajstić information content (AvgIpc) is 2.92. The van der Waals surface area contributed by atoms with Gasteiger partial charge in [-0.1, -0.05) is 19.9 Å². The number of nitrogens with zero attached hydrogens (tertiary/aromatic N) is 1. The molecule has 2 rings (SSSR count). The van der Waals surface area contributed by atoms with Gasteiger partial charge in [0.2, 0.25) is 6.79 Å². The summed E-state index contributed by atoms with van der Waals surface area (Å²) in [6.45, 7) is 6.54. The summed E-state index contributed by atoms with van der Waals surface area (Å²) in [4.78, 5) is 4.22. The Morgan fingerprint density at radius 3 is 2.71 bits per heavy atom. The number of aliphatic imine (C=N–C) groups is 1. The number of rotatable bonds is 6. The van der Waals surface area contributed by atoms with Crippen LogP contribution in [0.5, 0.6) is 11.5 Å². The van der Waals surface area contributed by atoms with E-state index in [4.69, 9.17) is 9.47 Å². The SMILES string of the molecule is CN=C(NCCc1ccc2c(c1)OCO2)NCCC(C)C. The first kappa shape index (κ1) is 15.5. The van der Waals surface area contributed by atoms with Gasteiger partial charge in [-0.25, -0.2) is 0 Å². The smallest absolute Gasteiger partial charge is 0.231 e. The predicted octanol–water partition coefficient (Wildman–Crippen LogP) is 2.17. The second kappa shape index (κ2) is 7.76. The summed E-state index contributed by atoms with van der Waals surface area (Å²) in [5.74, 6) is 3.23. The van der Waals surface area contributed by atoms with E-state index >= 15 is 0 Å². The Morgan fingerprint density at radius 2 is 1.95 bits per heavy atom. The van der Waals surface area contributed by atoms with E-state index in [0.29, 0.717) is 12.7 Å². The highest BCUT2D eigenvalue weighted by molar-refractivity contribution is 5.79. The summed E-state index contributed by atoms with van der Waals surface area (Å²) < 4.78 is 10.7. The highest BCUT2D eigenvalue weighted by atomic mass is 16.7. The van der Waals surface area contributed by atoms with Gasteiger partial charge < -0.3 is 20.1 Å². The molecule has 0 bridgehead atoms. The molecular formula is C16H25N3O2. The van der Waals surface area contributed by atoms with E-state index < -0.39 is 0 Å². The quantitative estimate of drug-likeness (QED) is 0.623. The molecule has 1 aliphatic rings. The number of benzene rings is 1. The van der Waals surface area contributed by atoms with Crippen molar-refractivity contribution in [2.45, 2.75) is 26.7 Å². The van der Waals surface area contributed by atoms with E-state index in [1.165, 1.54) is 5.56 Å². The maximum Gasteiger partial charge on any atom is 0.231 e. The van der Waals surface area contributed by atoms with Crippen LogP contribution in [0.3, 0.4) is 0 Å². The van der Waals surface area contributed by atoms with E-state index in [-0.39, 0.29) is 0 Å². The largest absolute Gasteiger partial charge is 0.454 e. The minimum Gasteiger partial charge on any atom is -0.454 e. The molecule has 0 atom stereocenters. The zero-order valence-electron chi connectivity index (χ0n) is 13.1. The molecule has 0 fully saturated rings. The molecule has 0 saturated heterocycles. The standard InChI is InChI=1S/C16H25N3O2/c1-12(2)6-8-18-16(17-3)19-9-7-13-4-5-14-15(10-13)21-11-20-14/h4-5,10,12H,6-9,11H2,1-3H3,(H2,17,18,19). The lowest BCUT2D eigenvalue weighted by Gasteiger charge is -2.13. The van der Waals surface area contributed by atoms with Gasteiger partial charge in [0, 0.05) is 20.1 Å². The fraction of sp³-hybridized carbons (Fsp3) is 0.562. The van der Waals surface area contributed by atoms with Crippen molar-refractivity contribution in [1.82, 2.24) is 10.6 Å². The van der Waals surface area contributed by atoms with E-state index in [0.717, 1.165) is 43.4 Å². The third-order valence-electron chi connectivity index (χ3n) is 3.38. The Morgan fingerprint density at radius 1 is 1.19 bits per heavy atom. The third kappa shape index (κ3) is 4.85. The number of fused-ring (bicyclic) bond motifs is 1. The number of hydrogen-bond donors (Lipinski definition) is 2. The first-order chi connectivity index (χ1) is 10.2. The van der Waals surface area contributed by atoms with Crippen LogP contribution < -0.4 is 20.1 Å². The first-order valence-corrected chi connectivity index (χ1v) is 7.52. The molecule has 116 valence electrons. The summed E-state index contributed by atoms with van der Waals surface area (Å²) in [6.07, 6.45) is 2.06. The van der Waals surface area contributed by atoms with Crippen molar-refractivity contribution in [3.05, 3.63) is 23.8 Å². The highest BCUT2D eigenvalue weighted by Crippen LogP contribution is 2.32. The second-order valence-electron chi connectivity index (χ2n) is 5.55. The number of hydrogen-bond acceptors (Lipinski definition) is 3. The molecule has 1 aliphatic heterocycles. The Labute approximate surface area is 126 Å². The summed E-state index contributed by atoms with van der Waals surface area (Å²) >= 11 is 0. The van der Waals surface area contributed by atoms with Crippen LogP contribution in [0.2, 0.25) is 0 Å². The van der Waals surface area contributed by atoms with Gasteiger partial charge in [-0.05, 0) is 36.5 Å². The maximum absolute atomic E-state index is 5.38. The summed E-state index contributed by atoms with van der Waals surface area (Å²) in [6, 6.07) is 6.08. The number of nitrogens with one attached hydrogen (secondary N) is 2. The van der Waals surface area contributed by atoms with E-state index in [2.05, 4.69) is 35.5 Å². The van der Waals surface area contributed by atoms with Crippen molar-refractivity contribution in [3.63, 3.8) is 0 Å². The predicted molar refractivity (Wildman–Crippen MR) is 85.1 cm³/mol. The van der Waals surface area contributed by atoms with Gasteiger partial charge in [0.1, 0.15) is 0 Å². The molecular weight excluding hydrogens is 266 g/mol. The van der Waals surface area contributed by atoms with Crippen LogP contribution in [0, 0.1) is 5.92 Å². The van der Waals surface area contributed by atoms with Gasteiger partial charge in [-0.2, -0.15) is 0 Å². The average molecular weight is 291 g/mol. The van der Waals surface area contributed by atoms with Crippen LogP contribution >= 0.6 is 0 Å². The van der Waals surface area contributed by atoms with Crippen molar-refractivity contribution in [2.24, 2.45) is 10.9 Å². The Balaban J connectivity index is 1.72. The molecule has 1 aromatic carbocycles. The van der Waals surface area contributed by atoms with Gasteiger partial charge in [0.25, 0.3) is 0 Å². The van der Waals surface area contributed by atoms with Crippen molar-refractivity contribution in [3.8, 4) is 11.5 Å². The molecule has 5 nitrogen and oxygen atoms in total. The van der Waals surface area contributed by atoms with Gasteiger partial charge in [0.15, 0.2) is 17.5 Å². The van der Waals surface area contributed by atoms with Gasteiger partial charge >= 0.3 is 0 Å². The highest BCUT2D eigenvalue weighted by Gasteiger charge is 2.12. The minimum absolute atomic E-state index is 0.323. The monoisotopic (exact) mass is 291 g/mol. The topological polar surface area (TPSA) is 54.9 Å². The molecule has 0 spiro atoms. The van der Waals surface area contributed by atoms with Crippen molar-refractivity contribution < 1.29 is 9.47 Å². The fourth-order valence-electron chi connectivity index (χ4n) is 2.12. The van der Waals surface area contributed by atoms with Gasteiger partial charge in [-0.3, -0.25) is 4.99 Å². The Hall–Kier alpha value is -1.91.